The van der Waals surface area contributed by atoms with E-state index in [0.29, 0.717) is 18.3 Å². The summed E-state index contributed by atoms with van der Waals surface area (Å²) in [5.41, 5.74) is 1.94. The Hall–Kier alpha value is -2.31. The van der Waals surface area contributed by atoms with Gasteiger partial charge in [0.25, 0.3) is 0 Å². The summed E-state index contributed by atoms with van der Waals surface area (Å²) in [6.45, 7) is 3.30. The van der Waals surface area contributed by atoms with Crippen LogP contribution in [0.4, 0.5) is 5.69 Å². The van der Waals surface area contributed by atoms with Crippen LogP contribution in [0.3, 0.4) is 0 Å². The molecule has 0 bridgehead atoms. The number of nitrogens with one attached hydrogen (secondary N) is 2. The van der Waals surface area contributed by atoms with E-state index in [-0.39, 0.29) is 12.5 Å². The molecule has 1 aromatic heterocycles. The predicted molar refractivity (Wildman–Crippen MR) is 96.6 cm³/mol. The monoisotopic (exact) mass is 343 g/mol. The zero-order valence-electron chi connectivity index (χ0n) is 14.4. The van der Waals surface area contributed by atoms with Crippen molar-refractivity contribution >= 4 is 11.6 Å². The Balaban J connectivity index is 1.47. The summed E-state index contributed by atoms with van der Waals surface area (Å²) >= 11 is 0. The van der Waals surface area contributed by atoms with Crippen molar-refractivity contribution in [2.24, 2.45) is 0 Å². The van der Waals surface area contributed by atoms with Gasteiger partial charge in [0.2, 0.25) is 5.91 Å². The largest absolute Gasteiger partial charge is 0.491 e. The molecule has 2 atom stereocenters. The smallest absolute Gasteiger partial charge is 0.221 e. The van der Waals surface area contributed by atoms with Gasteiger partial charge >= 0.3 is 0 Å². The molecule has 1 aliphatic rings. The first-order valence-corrected chi connectivity index (χ1v) is 8.67. The van der Waals surface area contributed by atoms with Gasteiger partial charge in [-0.05, 0) is 55.8 Å². The molecular weight excluding hydrogens is 318 g/mol. The van der Waals surface area contributed by atoms with Gasteiger partial charge in [0.1, 0.15) is 18.5 Å². The number of β-amino-alcohol motifs (C(OH)–C–C–N with tert-alkyl or cyclic N) is 1. The molecule has 25 heavy (non-hydrogen) atoms. The van der Waals surface area contributed by atoms with Crippen molar-refractivity contribution in [3.05, 3.63) is 48.3 Å². The third kappa shape index (κ3) is 4.84. The number of H-pyrrole nitrogens is 1. The maximum absolute atomic E-state index is 11.0. The normalized spacial score (nSPS) is 18.9. The molecule has 0 aliphatic carbocycles. The number of aromatic amines is 1. The minimum Gasteiger partial charge on any atom is -0.491 e. The standard InChI is InChI=1S/C19H25N3O3/c1-14(23)21-15-6-8-17(9-7-15)25-13-16(24)12-22-11-3-5-19(22)18-4-2-10-20-18/h2,4,6-10,16,19-20,24H,3,5,11-13H2,1H3,(H,21,23). The highest BCUT2D eigenvalue weighted by molar-refractivity contribution is 5.88. The number of ether oxygens (including phenoxy) is 1. The number of aromatic nitrogens is 1. The van der Waals surface area contributed by atoms with Crippen LogP contribution in [-0.2, 0) is 4.79 Å². The van der Waals surface area contributed by atoms with Crippen molar-refractivity contribution in [3.63, 3.8) is 0 Å². The van der Waals surface area contributed by atoms with Crippen molar-refractivity contribution in [1.29, 1.82) is 0 Å². The van der Waals surface area contributed by atoms with Gasteiger partial charge in [0.15, 0.2) is 0 Å². The third-order valence-electron chi connectivity index (χ3n) is 4.41. The summed E-state index contributed by atoms with van der Waals surface area (Å²) in [4.78, 5) is 16.6. The Labute approximate surface area is 147 Å². The molecular formula is C19H25N3O3. The first kappa shape index (κ1) is 17.5. The molecule has 0 saturated carbocycles. The lowest BCUT2D eigenvalue weighted by Gasteiger charge is -2.26. The van der Waals surface area contributed by atoms with Gasteiger partial charge in [-0.1, -0.05) is 0 Å². The molecule has 1 aromatic carbocycles. The molecule has 0 radical (unpaired) electrons. The lowest BCUT2D eigenvalue weighted by atomic mass is 10.1. The van der Waals surface area contributed by atoms with Crippen molar-refractivity contribution in [2.45, 2.75) is 31.9 Å². The lowest BCUT2D eigenvalue weighted by Crippen LogP contribution is -2.35. The van der Waals surface area contributed by atoms with Crippen molar-refractivity contribution in [3.8, 4) is 5.75 Å². The number of likely N-dealkylation sites (tertiary alicyclic amines) is 1. The second kappa shape index (κ2) is 8.18. The molecule has 2 unspecified atom stereocenters. The summed E-state index contributed by atoms with van der Waals surface area (Å²) < 4.78 is 5.67. The number of aliphatic hydroxyl groups is 1. The van der Waals surface area contributed by atoms with Crippen LogP contribution in [0.2, 0.25) is 0 Å². The topological polar surface area (TPSA) is 77.6 Å². The fourth-order valence-corrected chi connectivity index (χ4v) is 3.30. The lowest BCUT2D eigenvalue weighted by molar-refractivity contribution is -0.114. The number of amides is 1. The minimum atomic E-state index is -0.550. The van der Waals surface area contributed by atoms with Crippen LogP contribution in [0.15, 0.2) is 42.6 Å². The molecule has 2 aromatic rings. The molecule has 1 saturated heterocycles. The fourth-order valence-electron chi connectivity index (χ4n) is 3.30. The van der Waals surface area contributed by atoms with E-state index in [1.165, 1.54) is 12.6 Å². The number of carbonyl (C=O) groups excluding carboxylic acids is 1. The van der Waals surface area contributed by atoms with E-state index in [1.54, 1.807) is 24.3 Å². The summed E-state index contributed by atoms with van der Waals surface area (Å²) in [5, 5.41) is 13.0. The Bertz CT molecular complexity index is 670. The van der Waals surface area contributed by atoms with Gasteiger partial charge in [-0.15, -0.1) is 0 Å². The average molecular weight is 343 g/mol. The quantitative estimate of drug-likeness (QED) is 0.722. The van der Waals surface area contributed by atoms with Gasteiger partial charge in [0.05, 0.1) is 0 Å². The average Bonchev–Trinajstić information content (AvgIpc) is 3.24. The molecule has 0 spiro atoms. The Morgan fingerprint density at radius 2 is 2.20 bits per heavy atom. The van der Waals surface area contributed by atoms with E-state index in [1.807, 2.05) is 12.3 Å². The Kier molecular flexibility index (Phi) is 5.73. The number of anilines is 1. The highest BCUT2D eigenvalue weighted by Crippen LogP contribution is 2.30. The number of hydrogen-bond donors (Lipinski definition) is 3. The number of hydrogen-bond acceptors (Lipinski definition) is 4. The summed E-state index contributed by atoms with van der Waals surface area (Å²) in [5.74, 6) is 0.571. The number of carbonyl (C=O) groups is 1. The highest BCUT2D eigenvalue weighted by atomic mass is 16.5. The Morgan fingerprint density at radius 3 is 2.88 bits per heavy atom. The van der Waals surface area contributed by atoms with E-state index in [2.05, 4.69) is 21.3 Å². The molecule has 1 aliphatic heterocycles. The van der Waals surface area contributed by atoms with Crippen LogP contribution in [0, 0.1) is 0 Å². The van der Waals surface area contributed by atoms with Gasteiger partial charge < -0.3 is 20.1 Å². The first-order valence-electron chi connectivity index (χ1n) is 8.67. The number of nitrogens with zero attached hydrogens (tertiary/aromatic N) is 1. The zero-order chi connectivity index (χ0) is 17.6. The van der Waals surface area contributed by atoms with Crippen LogP contribution >= 0.6 is 0 Å². The van der Waals surface area contributed by atoms with Crippen molar-refractivity contribution in [2.75, 3.05) is 25.0 Å². The molecule has 3 rings (SSSR count). The van der Waals surface area contributed by atoms with Gasteiger partial charge in [-0.25, -0.2) is 0 Å². The summed E-state index contributed by atoms with van der Waals surface area (Å²) in [6.07, 6.45) is 3.64. The maximum atomic E-state index is 11.0. The molecule has 6 nitrogen and oxygen atoms in total. The zero-order valence-corrected chi connectivity index (χ0v) is 14.4. The van der Waals surface area contributed by atoms with Crippen LogP contribution in [0.1, 0.15) is 31.5 Å². The predicted octanol–water partition coefficient (Wildman–Crippen LogP) is 2.55. The maximum Gasteiger partial charge on any atom is 0.221 e. The van der Waals surface area contributed by atoms with E-state index in [4.69, 9.17) is 4.74 Å². The van der Waals surface area contributed by atoms with Crippen molar-refractivity contribution in [1.82, 2.24) is 9.88 Å². The highest BCUT2D eigenvalue weighted by Gasteiger charge is 2.28. The first-order chi connectivity index (χ1) is 12.1. The SMILES string of the molecule is CC(=O)Nc1ccc(OCC(O)CN2CCCC2c2ccc[nH]2)cc1. The number of aliphatic hydroxyl groups excluding tert-OH is 1. The van der Waals surface area contributed by atoms with E-state index < -0.39 is 6.10 Å². The van der Waals surface area contributed by atoms with Crippen molar-refractivity contribution < 1.29 is 14.6 Å². The van der Waals surface area contributed by atoms with E-state index in [9.17, 15) is 9.90 Å². The molecule has 3 N–H and O–H groups in total. The second-order valence-corrected chi connectivity index (χ2v) is 6.45. The van der Waals surface area contributed by atoms with Crippen LogP contribution in [0.25, 0.3) is 0 Å². The van der Waals surface area contributed by atoms with E-state index >= 15 is 0 Å². The molecule has 1 fully saturated rings. The third-order valence-corrected chi connectivity index (χ3v) is 4.41. The fraction of sp³-hybridized carbons (Fsp3) is 0.421. The molecule has 2 heterocycles. The second-order valence-electron chi connectivity index (χ2n) is 6.45. The van der Waals surface area contributed by atoms with Crippen LogP contribution < -0.4 is 10.1 Å². The number of benzene rings is 1. The molecule has 1 amide bonds. The minimum absolute atomic E-state index is 0.105. The van der Waals surface area contributed by atoms with Gasteiger partial charge in [-0.3, -0.25) is 9.69 Å². The molecule has 134 valence electrons. The molecule has 6 heteroatoms. The van der Waals surface area contributed by atoms with Crippen LogP contribution in [0.5, 0.6) is 5.75 Å². The van der Waals surface area contributed by atoms with Gasteiger partial charge in [0, 0.05) is 37.1 Å². The Morgan fingerprint density at radius 1 is 1.40 bits per heavy atom. The summed E-state index contributed by atoms with van der Waals surface area (Å²) in [6, 6.07) is 11.6. The van der Waals surface area contributed by atoms with E-state index in [0.717, 1.165) is 25.1 Å². The number of rotatable bonds is 7. The van der Waals surface area contributed by atoms with Crippen LogP contribution in [-0.4, -0.2) is 46.7 Å². The van der Waals surface area contributed by atoms with Gasteiger partial charge in [-0.2, -0.15) is 0 Å². The summed E-state index contributed by atoms with van der Waals surface area (Å²) in [7, 11) is 0.